The lowest BCUT2D eigenvalue weighted by Gasteiger charge is -2.31. The van der Waals surface area contributed by atoms with Crippen LogP contribution in [-0.4, -0.2) is 60.1 Å². The summed E-state index contributed by atoms with van der Waals surface area (Å²) in [5.41, 5.74) is 0.00502. The molecule has 6 nitrogen and oxygen atoms in total. The van der Waals surface area contributed by atoms with Gasteiger partial charge in [-0.2, -0.15) is 0 Å². The zero-order chi connectivity index (χ0) is 17.3. The lowest BCUT2D eigenvalue weighted by Crippen LogP contribution is -2.43. The van der Waals surface area contributed by atoms with Crippen molar-refractivity contribution in [3.63, 3.8) is 0 Å². The molecule has 0 bridgehead atoms. The number of rotatable bonds is 3. The molecule has 134 valence electrons. The van der Waals surface area contributed by atoms with E-state index in [9.17, 15) is 4.79 Å². The summed E-state index contributed by atoms with van der Waals surface area (Å²) in [6, 6.07) is 3.60. The van der Waals surface area contributed by atoms with Crippen LogP contribution in [-0.2, 0) is 11.3 Å². The maximum atomic E-state index is 12.8. The number of aryl methyl sites for hydroxylation is 1. The molecular weight excluding hydrogens is 338 g/mol. The first-order chi connectivity index (χ1) is 12.1. The Morgan fingerprint density at radius 2 is 2.28 bits per heavy atom. The molecule has 7 heteroatoms. The fraction of sp³-hybridized carbons (Fsp3) is 0.556. The van der Waals surface area contributed by atoms with E-state index in [0.717, 1.165) is 43.4 Å². The van der Waals surface area contributed by atoms with Crippen molar-refractivity contribution in [3.8, 4) is 0 Å². The summed E-state index contributed by atoms with van der Waals surface area (Å²) in [5.74, 6) is 1.16. The highest BCUT2D eigenvalue weighted by molar-refractivity contribution is 7.09. The molecule has 1 spiro atoms. The van der Waals surface area contributed by atoms with Gasteiger partial charge >= 0.3 is 0 Å². The van der Waals surface area contributed by atoms with Crippen molar-refractivity contribution in [3.05, 3.63) is 40.2 Å². The Morgan fingerprint density at radius 3 is 3.04 bits per heavy atom. The Labute approximate surface area is 151 Å². The van der Waals surface area contributed by atoms with Crippen LogP contribution in [0.1, 0.15) is 27.7 Å². The largest absolute Gasteiger partial charge is 0.456 e. The van der Waals surface area contributed by atoms with Crippen LogP contribution in [0.4, 0.5) is 0 Å². The van der Waals surface area contributed by atoms with Crippen LogP contribution < -0.4 is 0 Å². The molecule has 1 amide bonds. The average molecular weight is 361 g/mol. The van der Waals surface area contributed by atoms with Gasteiger partial charge in [0.25, 0.3) is 5.91 Å². The molecule has 4 heterocycles. The molecule has 2 fully saturated rings. The van der Waals surface area contributed by atoms with Gasteiger partial charge in [-0.05, 0) is 32.0 Å². The fourth-order valence-electron chi connectivity index (χ4n) is 3.80. The third kappa shape index (κ3) is 3.63. The van der Waals surface area contributed by atoms with E-state index in [-0.39, 0.29) is 11.3 Å². The van der Waals surface area contributed by atoms with Crippen molar-refractivity contribution in [1.29, 1.82) is 0 Å². The molecule has 1 atom stereocenters. The number of aromatic nitrogens is 1. The highest BCUT2D eigenvalue weighted by atomic mass is 32.1. The maximum absolute atomic E-state index is 12.8. The predicted molar refractivity (Wildman–Crippen MR) is 94.6 cm³/mol. The van der Waals surface area contributed by atoms with E-state index < -0.39 is 0 Å². The Kier molecular flexibility index (Phi) is 4.62. The molecule has 1 unspecified atom stereocenters. The zero-order valence-electron chi connectivity index (χ0n) is 14.4. The molecule has 2 aliphatic heterocycles. The van der Waals surface area contributed by atoms with Crippen molar-refractivity contribution in [2.75, 3.05) is 39.4 Å². The molecule has 0 N–H and O–H groups in total. The van der Waals surface area contributed by atoms with Gasteiger partial charge in [0, 0.05) is 36.6 Å². The van der Waals surface area contributed by atoms with Gasteiger partial charge in [0.15, 0.2) is 5.76 Å². The summed E-state index contributed by atoms with van der Waals surface area (Å²) in [6.07, 6.45) is 2.89. The van der Waals surface area contributed by atoms with Crippen LogP contribution in [0.3, 0.4) is 0 Å². The monoisotopic (exact) mass is 361 g/mol. The van der Waals surface area contributed by atoms with E-state index in [1.807, 2.05) is 29.5 Å². The van der Waals surface area contributed by atoms with Crippen LogP contribution in [0.5, 0.6) is 0 Å². The lowest BCUT2D eigenvalue weighted by atomic mass is 9.87. The highest BCUT2D eigenvalue weighted by Gasteiger charge is 2.42. The van der Waals surface area contributed by atoms with E-state index in [1.54, 1.807) is 17.4 Å². The van der Waals surface area contributed by atoms with E-state index in [2.05, 4.69) is 9.88 Å². The minimum atomic E-state index is -0.0312. The highest BCUT2D eigenvalue weighted by Crippen LogP contribution is 2.34. The average Bonchev–Trinajstić information content (AvgIpc) is 3.30. The van der Waals surface area contributed by atoms with Gasteiger partial charge in [0.05, 0.1) is 19.8 Å². The van der Waals surface area contributed by atoms with Crippen molar-refractivity contribution < 1.29 is 13.9 Å². The molecule has 2 aromatic rings. The Bertz CT molecular complexity index is 730. The Balaban J connectivity index is 1.45. The van der Waals surface area contributed by atoms with Gasteiger partial charge in [-0.3, -0.25) is 9.69 Å². The van der Waals surface area contributed by atoms with Crippen LogP contribution >= 0.6 is 11.3 Å². The van der Waals surface area contributed by atoms with E-state index >= 15 is 0 Å². The fourth-order valence-corrected chi connectivity index (χ4v) is 4.46. The SMILES string of the molecule is Cc1ccc(C(=O)N2CCOCC3(CCN(Cc4nccs4)C3)C2)o1. The van der Waals surface area contributed by atoms with Gasteiger partial charge in [-0.1, -0.05) is 0 Å². The number of furan rings is 1. The number of hydrogen-bond donors (Lipinski definition) is 0. The smallest absolute Gasteiger partial charge is 0.289 e. The van der Waals surface area contributed by atoms with Crippen molar-refractivity contribution in [2.24, 2.45) is 5.41 Å². The number of carbonyl (C=O) groups excluding carboxylic acids is 1. The molecular formula is C18H23N3O3S. The molecule has 0 aromatic carbocycles. The molecule has 2 aliphatic rings. The summed E-state index contributed by atoms with van der Waals surface area (Å²) in [6.45, 7) is 7.33. The van der Waals surface area contributed by atoms with Crippen LogP contribution in [0.15, 0.2) is 28.1 Å². The second-order valence-electron chi connectivity index (χ2n) is 7.08. The molecule has 0 radical (unpaired) electrons. The zero-order valence-corrected chi connectivity index (χ0v) is 15.3. The number of nitrogens with zero attached hydrogens (tertiary/aromatic N) is 3. The molecule has 0 aliphatic carbocycles. The quantitative estimate of drug-likeness (QED) is 0.840. The molecule has 0 saturated carbocycles. The third-order valence-electron chi connectivity index (χ3n) is 5.04. The van der Waals surface area contributed by atoms with Gasteiger partial charge in [-0.25, -0.2) is 4.98 Å². The lowest BCUT2D eigenvalue weighted by molar-refractivity contribution is 0.0624. The number of carbonyl (C=O) groups is 1. The molecule has 2 saturated heterocycles. The van der Waals surface area contributed by atoms with Gasteiger partial charge in [0.2, 0.25) is 0 Å². The summed E-state index contributed by atoms with van der Waals surface area (Å²) >= 11 is 1.69. The third-order valence-corrected chi connectivity index (χ3v) is 5.80. The van der Waals surface area contributed by atoms with Crippen molar-refractivity contribution in [2.45, 2.75) is 19.9 Å². The predicted octanol–water partition coefficient (Wildman–Crippen LogP) is 2.41. The number of ether oxygens (including phenoxy) is 1. The molecule has 4 rings (SSSR count). The first-order valence-electron chi connectivity index (χ1n) is 8.68. The van der Waals surface area contributed by atoms with Gasteiger partial charge in [-0.15, -0.1) is 11.3 Å². The van der Waals surface area contributed by atoms with Crippen LogP contribution in [0.25, 0.3) is 0 Å². The van der Waals surface area contributed by atoms with Crippen LogP contribution in [0, 0.1) is 12.3 Å². The topological polar surface area (TPSA) is 58.8 Å². The van der Waals surface area contributed by atoms with E-state index in [1.165, 1.54) is 0 Å². The molecule has 2 aromatic heterocycles. The second kappa shape index (κ2) is 6.90. The van der Waals surface area contributed by atoms with Crippen LogP contribution in [0.2, 0.25) is 0 Å². The minimum absolute atomic E-state index is 0.00502. The number of hydrogen-bond acceptors (Lipinski definition) is 6. The first kappa shape index (κ1) is 16.8. The number of amides is 1. The van der Waals surface area contributed by atoms with E-state index in [4.69, 9.17) is 9.15 Å². The molecule has 25 heavy (non-hydrogen) atoms. The Hall–Kier alpha value is -1.70. The Morgan fingerprint density at radius 1 is 1.36 bits per heavy atom. The van der Waals surface area contributed by atoms with E-state index in [0.29, 0.717) is 25.5 Å². The minimum Gasteiger partial charge on any atom is -0.456 e. The number of thiazole rings is 1. The first-order valence-corrected chi connectivity index (χ1v) is 9.56. The van der Waals surface area contributed by atoms with Crippen molar-refractivity contribution >= 4 is 17.2 Å². The standard InChI is InChI=1S/C18H23N3O3S/c1-14-2-3-15(24-14)17(22)21-7-8-23-13-18(12-21)4-6-20(11-18)10-16-19-5-9-25-16/h2-3,5,9H,4,6-8,10-13H2,1H3. The summed E-state index contributed by atoms with van der Waals surface area (Å²) in [5, 5.41) is 3.16. The number of likely N-dealkylation sites (tertiary alicyclic amines) is 1. The van der Waals surface area contributed by atoms with Gasteiger partial charge in [0.1, 0.15) is 10.8 Å². The maximum Gasteiger partial charge on any atom is 0.289 e. The summed E-state index contributed by atoms with van der Waals surface area (Å²) in [4.78, 5) is 21.5. The van der Waals surface area contributed by atoms with Gasteiger partial charge < -0.3 is 14.1 Å². The second-order valence-corrected chi connectivity index (χ2v) is 8.06. The normalized spacial score (nSPS) is 24.8. The summed E-state index contributed by atoms with van der Waals surface area (Å²) in [7, 11) is 0. The summed E-state index contributed by atoms with van der Waals surface area (Å²) < 4.78 is 11.4. The van der Waals surface area contributed by atoms with Crippen molar-refractivity contribution in [1.82, 2.24) is 14.8 Å².